The van der Waals surface area contributed by atoms with E-state index in [1.54, 1.807) is 18.2 Å². The third-order valence-corrected chi connectivity index (χ3v) is 6.35. The van der Waals surface area contributed by atoms with Crippen molar-refractivity contribution in [3.05, 3.63) is 40.4 Å². The third kappa shape index (κ3) is 1.49. The minimum absolute atomic E-state index is 0.0936. The van der Waals surface area contributed by atoms with Crippen molar-refractivity contribution in [3.63, 3.8) is 0 Å². The van der Waals surface area contributed by atoms with E-state index < -0.39 is 0 Å². The normalized spacial score (nSPS) is 40.9. The predicted molar refractivity (Wildman–Crippen MR) is 83.7 cm³/mol. The van der Waals surface area contributed by atoms with Crippen molar-refractivity contribution < 1.29 is 9.59 Å². The van der Waals surface area contributed by atoms with Crippen LogP contribution in [0.1, 0.15) is 6.42 Å². The van der Waals surface area contributed by atoms with Crippen molar-refractivity contribution >= 4 is 40.7 Å². The van der Waals surface area contributed by atoms with Gasteiger partial charge in [0, 0.05) is 5.02 Å². The fourth-order valence-corrected chi connectivity index (χ4v) is 5.35. The minimum Gasteiger partial charge on any atom is -0.274 e. The molecule has 1 aromatic carbocycles. The largest absolute Gasteiger partial charge is 0.274 e. The fraction of sp³-hybridized carbons (Fsp3) is 0.412. The summed E-state index contributed by atoms with van der Waals surface area (Å²) in [4.78, 5) is 27.1. The molecule has 2 bridgehead atoms. The van der Waals surface area contributed by atoms with E-state index in [1.165, 1.54) is 4.90 Å². The molecule has 1 aromatic rings. The number of hydrogen-bond acceptors (Lipinski definition) is 2. The van der Waals surface area contributed by atoms with Crippen LogP contribution >= 0.6 is 23.2 Å². The van der Waals surface area contributed by atoms with Gasteiger partial charge in [-0.05, 0) is 48.3 Å². The summed E-state index contributed by atoms with van der Waals surface area (Å²) in [5, 5.41) is 0.839. The van der Waals surface area contributed by atoms with Gasteiger partial charge < -0.3 is 0 Å². The Balaban J connectivity index is 1.60. The van der Waals surface area contributed by atoms with E-state index in [0.29, 0.717) is 27.6 Å². The summed E-state index contributed by atoms with van der Waals surface area (Å²) < 4.78 is 0. The first-order chi connectivity index (χ1) is 10.6. The van der Waals surface area contributed by atoms with Crippen LogP contribution in [0.3, 0.4) is 0 Å². The number of imide groups is 1. The smallest absolute Gasteiger partial charge is 0.238 e. The molecule has 0 radical (unpaired) electrons. The Hall–Kier alpha value is -1.32. The molecule has 112 valence electrons. The molecule has 4 aliphatic carbocycles. The SMILES string of the molecule is O=C1[C@@H]2[C@H]3C=C[C@@H]([C@@H]4C[C@@H]34)[C@H]2C(=O)N1c1ccc(Cl)cc1Cl. The Labute approximate surface area is 137 Å². The number of hydrogen-bond donors (Lipinski definition) is 0. The number of rotatable bonds is 1. The zero-order chi connectivity index (χ0) is 15.2. The zero-order valence-corrected chi connectivity index (χ0v) is 13.1. The van der Waals surface area contributed by atoms with E-state index in [-0.39, 0.29) is 35.5 Å². The summed E-state index contributed by atoms with van der Waals surface area (Å²) in [5.41, 5.74) is 0.462. The second-order valence-corrected chi connectivity index (χ2v) is 7.61. The quantitative estimate of drug-likeness (QED) is 0.582. The molecule has 22 heavy (non-hydrogen) atoms. The monoisotopic (exact) mass is 333 g/mol. The van der Waals surface area contributed by atoms with E-state index >= 15 is 0 Å². The second-order valence-electron chi connectivity index (χ2n) is 6.76. The number of benzene rings is 1. The Kier molecular flexibility index (Phi) is 2.48. The van der Waals surface area contributed by atoms with Crippen LogP contribution in [0.5, 0.6) is 0 Å². The van der Waals surface area contributed by atoms with Crippen LogP contribution in [0.4, 0.5) is 5.69 Å². The van der Waals surface area contributed by atoms with E-state index in [9.17, 15) is 9.59 Å². The third-order valence-electron chi connectivity index (χ3n) is 5.81. The summed E-state index contributed by atoms with van der Waals surface area (Å²) in [5.74, 6) is 1.09. The molecular formula is C17H13Cl2NO2. The average molecular weight is 334 g/mol. The molecule has 5 heteroatoms. The van der Waals surface area contributed by atoms with Crippen LogP contribution in [0, 0.1) is 35.5 Å². The van der Waals surface area contributed by atoms with Gasteiger partial charge in [0.15, 0.2) is 0 Å². The number of amides is 2. The van der Waals surface area contributed by atoms with Crippen LogP contribution in [0.15, 0.2) is 30.4 Å². The zero-order valence-electron chi connectivity index (χ0n) is 11.6. The van der Waals surface area contributed by atoms with Gasteiger partial charge in [-0.1, -0.05) is 35.4 Å². The molecule has 3 nitrogen and oxygen atoms in total. The first-order valence-electron chi connectivity index (χ1n) is 7.59. The van der Waals surface area contributed by atoms with E-state index in [2.05, 4.69) is 12.2 Å². The molecule has 1 saturated heterocycles. The van der Waals surface area contributed by atoms with Gasteiger partial charge in [0.2, 0.25) is 11.8 Å². The molecule has 5 aliphatic rings. The van der Waals surface area contributed by atoms with Crippen molar-refractivity contribution in [1.29, 1.82) is 0 Å². The Morgan fingerprint density at radius 1 is 0.955 bits per heavy atom. The molecule has 0 unspecified atom stereocenters. The number of anilines is 1. The number of carbonyl (C=O) groups is 2. The molecule has 0 aromatic heterocycles. The molecule has 0 spiro atoms. The minimum atomic E-state index is -0.196. The highest BCUT2D eigenvalue weighted by Gasteiger charge is 2.67. The van der Waals surface area contributed by atoms with Gasteiger partial charge in [0.05, 0.1) is 22.5 Å². The highest BCUT2D eigenvalue weighted by molar-refractivity contribution is 6.38. The molecule has 2 saturated carbocycles. The number of halogens is 2. The number of allylic oxidation sites excluding steroid dienone is 2. The second kappa shape index (κ2) is 4.15. The van der Waals surface area contributed by atoms with Gasteiger partial charge >= 0.3 is 0 Å². The lowest BCUT2D eigenvalue weighted by Gasteiger charge is -2.37. The number of carbonyl (C=O) groups excluding carboxylic acids is 2. The Morgan fingerprint density at radius 3 is 2.09 bits per heavy atom. The average Bonchev–Trinajstić information content (AvgIpc) is 3.26. The first-order valence-corrected chi connectivity index (χ1v) is 8.34. The van der Waals surface area contributed by atoms with Crippen LogP contribution in [0.25, 0.3) is 0 Å². The molecule has 1 heterocycles. The highest BCUT2D eigenvalue weighted by atomic mass is 35.5. The lowest BCUT2D eigenvalue weighted by molar-refractivity contribution is -0.124. The standard InChI is InChI=1S/C17H13Cl2NO2/c18-7-1-4-13(12(19)5-7)20-16(21)14-8-2-3-9(11-6-10(8)11)15(14)17(20)22/h1-5,8-11,14-15H,6H2/t8-,9-,10-,11-,14+,15+/m0/s1. The summed E-state index contributed by atoms with van der Waals surface area (Å²) in [6.45, 7) is 0. The molecule has 2 amide bonds. The molecule has 1 aliphatic heterocycles. The van der Waals surface area contributed by atoms with Gasteiger partial charge in [-0.2, -0.15) is 0 Å². The fourth-order valence-electron chi connectivity index (χ4n) is 4.86. The summed E-state index contributed by atoms with van der Waals surface area (Å²) in [6, 6.07) is 4.90. The molecule has 3 fully saturated rings. The van der Waals surface area contributed by atoms with Crippen LogP contribution < -0.4 is 4.90 Å². The molecule has 0 N–H and O–H groups in total. The first kappa shape index (κ1) is 13.1. The Morgan fingerprint density at radius 2 is 1.55 bits per heavy atom. The maximum atomic E-state index is 12.9. The van der Waals surface area contributed by atoms with E-state index in [0.717, 1.165) is 6.42 Å². The van der Waals surface area contributed by atoms with Gasteiger partial charge in [0.25, 0.3) is 0 Å². The Bertz CT molecular complexity index is 723. The van der Waals surface area contributed by atoms with Crippen molar-refractivity contribution in [2.45, 2.75) is 6.42 Å². The van der Waals surface area contributed by atoms with Crippen molar-refractivity contribution in [3.8, 4) is 0 Å². The van der Waals surface area contributed by atoms with Crippen LogP contribution in [0.2, 0.25) is 10.0 Å². The molecule has 6 atom stereocenters. The van der Waals surface area contributed by atoms with Gasteiger partial charge in [-0.25, -0.2) is 4.90 Å². The number of nitrogens with zero attached hydrogens (tertiary/aromatic N) is 1. The highest BCUT2D eigenvalue weighted by Crippen LogP contribution is 2.65. The summed E-state index contributed by atoms with van der Waals surface area (Å²) in [7, 11) is 0. The van der Waals surface area contributed by atoms with Gasteiger partial charge in [-0.3, -0.25) is 9.59 Å². The lowest BCUT2D eigenvalue weighted by atomic mass is 9.63. The predicted octanol–water partition coefficient (Wildman–Crippen LogP) is 3.55. The van der Waals surface area contributed by atoms with Crippen molar-refractivity contribution in [1.82, 2.24) is 0 Å². The van der Waals surface area contributed by atoms with Gasteiger partial charge in [-0.15, -0.1) is 0 Å². The lowest BCUT2D eigenvalue weighted by Crippen LogP contribution is -2.40. The maximum absolute atomic E-state index is 12.9. The van der Waals surface area contributed by atoms with E-state index in [1.807, 2.05) is 0 Å². The summed E-state index contributed by atoms with van der Waals surface area (Å²) >= 11 is 12.1. The van der Waals surface area contributed by atoms with Crippen LogP contribution in [-0.4, -0.2) is 11.8 Å². The van der Waals surface area contributed by atoms with Gasteiger partial charge in [0.1, 0.15) is 0 Å². The molecule has 6 rings (SSSR count). The topological polar surface area (TPSA) is 37.4 Å². The van der Waals surface area contributed by atoms with Crippen LogP contribution in [-0.2, 0) is 9.59 Å². The summed E-state index contributed by atoms with van der Waals surface area (Å²) in [6.07, 6.45) is 5.49. The molecular weight excluding hydrogens is 321 g/mol. The van der Waals surface area contributed by atoms with Crippen molar-refractivity contribution in [2.75, 3.05) is 4.90 Å². The maximum Gasteiger partial charge on any atom is 0.238 e. The van der Waals surface area contributed by atoms with E-state index in [4.69, 9.17) is 23.2 Å². The van der Waals surface area contributed by atoms with Crippen molar-refractivity contribution in [2.24, 2.45) is 35.5 Å².